The van der Waals surface area contributed by atoms with Gasteiger partial charge in [-0.05, 0) is 55.2 Å². The van der Waals surface area contributed by atoms with Gasteiger partial charge in [0.05, 0.1) is 11.4 Å². The highest BCUT2D eigenvalue weighted by Crippen LogP contribution is 2.34. The predicted octanol–water partition coefficient (Wildman–Crippen LogP) is 9.76. The van der Waals surface area contributed by atoms with E-state index in [9.17, 15) is 0 Å². The van der Waals surface area contributed by atoms with Crippen LogP contribution in [-0.4, -0.2) is 10.2 Å². The molecular weight excluding hydrogens is 412 g/mol. The van der Waals surface area contributed by atoms with Crippen molar-refractivity contribution in [3.63, 3.8) is 0 Å². The molecule has 1 fully saturated rings. The van der Waals surface area contributed by atoms with E-state index in [1.807, 2.05) is 0 Å². The first-order chi connectivity index (χ1) is 16.8. The molecule has 1 aliphatic rings. The predicted molar refractivity (Wildman–Crippen MR) is 147 cm³/mol. The molecule has 2 aromatic rings. The second kappa shape index (κ2) is 16.1. The molecule has 1 heterocycles. The molecule has 2 nitrogen and oxygen atoms in total. The molecule has 0 unspecified atom stereocenters. The van der Waals surface area contributed by atoms with E-state index >= 15 is 0 Å². The first kappa shape index (κ1) is 26.9. The van der Waals surface area contributed by atoms with Crippen LogP contribution in [0.2, 0.25) is 0 Å². The van der Waals surface area contributed by atoms with Gasteiger partial charge in [-0.1, -0.05) is 128 Å². The standard InChI is InChI=1S/C32H50N2/c1-3-5-7-9-11-13-27-15-17-29(18-16-27)21-24-31-25-26-32(34-33-31)30-22-19-28(20-23-30)14-12-10-8-6-4-2/h19-20,22-23,25-27,29H,3-18,21,24H2,1-2H3. The van der Waals surface area contributed by atoms with Gasteiger partial charge in [-0.3, -0.25) is 0 Å². The number of aromatic nitrogens is 2. The van der Waals surface area contributed by atoms with Gasteiger partial charge in [0, 0.05) is 5.56 Å². The molecule has 188 valence electrons. The van der Waals surface area contributed by atoms with Crippen molar-refractivity contribution < 1.29 is 0 Å². The largest absolute Gasteiger partial charge is 0.155 e. The van der Waals surface area contributed by atoms with Crippen molar-refractivity contribution in [1.82, 2.24) is 10.2 Å². The van der Waals surface area contributed by atoms with E-state index < -0.39 is 0 Å². The number of benzene rings is 1. The number of aryl methyl sites for hydroxylation is 2. The zero-order valence-electron chi connectivity index (χ0n) is 22.2. The summed E-state index contributed by atoms with van der Waals surface area (Å²) in [5, 5.41) is 9.13. The minimum atomic E-state index is 0.896. The molecule has 0 spiro atoms. The zero-order chi connectivity index (χ0) is 23.8. The van der Waals surface area contributed by atoms with Crippen LogP contribution in [0.1, 0.15) is 128 Å². The zero-order valence-corrected chi connectivity index (χ0v) is 22.2. The number of nitrogens with zero attached hydrogens (tertiary/aromatic N) is 2. The summed E-state index contributed by atoms with van der Waals surface area (Å²) in [5.74, 6) is 1.90. The van der Waals surface area contributed by atoms with E-state index in [4.69, 9.17) is 0 Å². The Hall–Kier alpha value is -1.70. The second-order valence-corrected chi connectivity index (χ2v) is 10.9. The van der Waals surface area contributed by atoms with E-state index in [-0.39, 0.29) is 0 Å². The Bertz CT molecular complexity index is 757. The van der Waals surface area contributed by atoms with Crippen LogP contribution in [-0.2, 0) is 12.8 Å². The average Bonchev–Trinajstić information content (AvgIpc) is 2.89. The average molecular weight is 463 g/mol. The molecule has 0 N–H and O–H groups in total. The molecule has 0 saturated heterocycles. The van der Waals surface area contributed by atoms with E-state index in [0.717, 1.165) is 29.6 Å². The summed E-state index contributed by atoms with van der Waals surface area (Å²) >= 11 is 0. The van der Waals surface area contributed by atoms with Gasteiger partial charge in [-0.2, -0.15) is 10.2 Å². The molecule has 0 atom stereocenters. The van der Waals surface area contributed by atoms with Crippen LogP contribution >= 0.6 is 0 Å². The Morgan fingerprint density at radius 1 is 0.588 bits per heavy atom. The molecule has 1 aromatic heterocycles. The van der Waals surface area contributed by atoms with Crippen molar-refractivity contribution >= 4 is 0 Å². The molecule has 2 heteroatoms. The Kier molecular flexibility index (Phi) is 12.7. The lowest BCUT2D eigenvalue weighted by atomic mass is 9.78. The van der Waals surface area contributed by atoms with Crippen molar-refractivity contribution in [2.75, 3.05) is 0 Å². The number of rotatable bonds is 16. The Labute approximate surface area is 210 Å². The minimum absolute atomic E-state index is 0.896. The smallest absolute Gasteiger partial charge is 0.0929 e. The normalized spacial score (nSPS) is 18.3. The van der Waals surface area contributed by atoms with Crippen molar-refractivity contribution in [2.24, 2.45) is 11.8 Å². The minimum Gasteiger partial charge on any atom is -0.155 e. The first-order valence-corrected chi connectivity index (χ1v) is 14.7. The highest BCUT2D eigenvalue weighted by Gasteiger charge is 2.20. The van der Waals surface area contributed by atoms with E-state index in [1.54, 1.807) is 0 Å². The van der Waals surface area contributed by atoms with Gasteiger partial charge in [0.25, 0.3) is 0 Å². The van der Waals surface area contributed by atoms with Crippen LogP contribution in [0.4, 0.5) is 0 Å². The number of unbranched alkanes of at least 4 members (excludes halogenated alkanes) is 8. The summed E-state index contributed by atoms with van der Waals surface area (Å²) < 4.78 is 0. The molecule has 0 radical (unpaired) electrons. The van der Waals surface area contributed by atoms with Gasteiger partial charge in [-0.25, -0.2) is 0 Å². The summed E-state index contributed by atoms with van der Waals surface area (Å²) in [4.78, 5) is 0. The Balaban J connectivity index is 1.33. The van der Waals surface area contributed by atoms with Crippen molar-refractivity contribution in [1.29, 1.82) is 0 Å². The van der Waals surface area contributed by atoms with Gasteiger partial charge in [0.1, 0.15) is 0 Å². The van der Waals surface area contributed by atoms with Crippen LogP contribution in [0.25, 0.3) is 11.3 Å². The number of hydrogen-bond donors (Lipinski definition) is 0. The van der Waals surface area contributed by atoms with Crippen molar-refractivity contribution in [2.45, 2.75) is 129 Å². The fourth-order valence-electron chi connectivity index (χ4n) is 5.62. The summed E-state index contributed by atoms with van der Waals surface area (Å²) in [6, 6.07) is 13.3. The SMILES string of the molecule is CCCCCCCc1ccc(-c2ccc(CCC3CCC(CCCCCCC)CC3)nn2)cc1. The lowest BCUT2D eigenvalue weighted by Crippen LogP contribution is -2.15. The van der Waals surface area contributed by atoms with Crippen LogP contribution in [0, 0.1) is 11.8 Å². The molecule has 1 aliphatic carbocycles. The molecular formula is C32H50N2. The first-order valence-electron chi connectivity index (χ1n) is 14.7. The molecule has 3 rings (SSSR count). The summed E-state index contributed by atoms with van der Waals surface area (Å²) in [6.07, 6.45) is 24.6. The van der Waals surface area contributed by atoms with Crippen LogP contribution in [0.3, 0.4) is 0 Å². The third kappa shape index (κ3) is 9.88. The molecule has 0 bridgehead atoms. The highest BCUT2D eigenvalue weighted by atomic mass is 15.1. The third-order valence-electron chi connectivity index (χ3n) is 8.03. The van der Waals surface area contributed by atoms with Crippen molar-refractivity contribution in [3.05, 3.63) is 47.7 Å². The summed E-state index contributed by atoms with van der Waals surface area (Å²) in [7, 11) is 0. The maximum absolute atomic E-state index is 4.57. The second-order valence-electron chi connectivity index (χ2n) is 10.9. The van der Waals surface area contributed by atoms with Crippen molar-refractivity contribution in [3.8, 4) is 11.3 Å². The topological polar surface area (TPSA) is 25.8 Å². The van der Waals surface area contributed by atoms with E-state index in [2.05, 4.69) is 60.4 Å². The van der Waals surface area contributed by atoms with Crippen LogP contribution in [0.5, 0.6) is 0 Å². The molecule has 1 saturated carbocycles. The highest BCUT2D eigenvalue weighted by molar-refractivity contribution is 5.58. The fraction of sp³-hybridized carbons (Fsp3) is 0.688. The summed E-state index contributed by atoms with van der Waals surface area (Å²) in [5.41, 5.74) is 4.78. The lowest BCUT2D eigenvalue weighted by Gasteiger charge is -2.28. The number of hydrogen-bond acceptors (Lipinski definition) is 2. The Morgan fingerprint density at radius 2 is 1.21 bits per heavy atom. The summed E-state index contributed by atoms with van der Waals surface area (Å²) in [6.45, 7) is 4.58. The monoisotopic (exact) mass is 462 g/mol. The fourth-order valence-corrected chi connectivity index (χ4v) is 5.62. The molecule has 0 amide bonds. The third-order valence-corrected chi connectivity index (χ3v) is 8.03. The van der Waals surface area contributed by atoms with Gasteiger partial charge >= 0.3 is 0 Å². The van der Waals surface area contributed by atoms with E-state index in [0.29, 0.717) is 0 Å². The van der Waals surface area contributed by atoms with Gasteiger partial charge in [0.15, 0.2) is 0 Å². The molecule has 0 aliphatic heterocycles. The van der Waals surface area contributed by atoms with E-state index in [1.165, 1.54) is 120 Å². The van der Waals surface area contributed by atoms with Crippen LogP contribution in [0.15, 0.2) is 36.4 Å². The maximum Gasteiger partial charge on any atom is 0.0929 e. The molecule has 1 aromatic carbocycles. The Morgan fingerprint density at radius 3 is 1.82 bits per heavy atom. The van der Waals surface area contributed by atoms with Gasteiger partial charge in [-0.15, -0.1) is 0 Å². The van der Waals surface area contributed by atoms with Gasteiger partial charge < -0.3 is 0 Å². The quantitative estimate of drug-likeness (QED) is 0.232. The van der Waals surface area contributed by atoms with Crippen LogP contribution < -0.4 is 0 Å². The maximum atomic E-state index is 4.57. The lowest BCUT2D eigenvalue weighted by molar-refractivity contribution is 0.248. The molecule has 34 heavy (non-hydrogen) atoms. The van der Waals surface area contributed by atoms with Gasteiger partial charge in [0.2, 0.25) is 0 Å².